The predicted octanol–water partition coefficient (Wildman–Crippen LogP) is 3.91. The van der Waals surface area contributed by atoms with Crippen molar-refractivity contribution in [1.29, 1.82) is 0 Å². The molecular formula is C20H21ClN2O4S. The lowest BCUT2D eigenvalue weighted by atomic mass is 10.3. The number of methoxy groups -OCH3 is 1. The highest BCUT2D eigenvalue weighted by atomic mass is 35.5. The molecule has 1 heterocycles. The quantitative estimate of drug-likeness (QED) is 0.554. The van der Waals surface area contributed by atoms with E-state index in [0.29, 0.717) is 35.3 Å². The van der Waals surface area contributed by atoms with Crippen molar-refractivity contribution >= 4 is 39.1 Å². The number of amides is 1. The van der Waals surface area contributed by atoms with Gasteiger partial charge in [0.05, 0.1) is 23.4 Å². The summed E-state index contributed by atoms with van der Waals surface area (Å²) in [5, 5.41) is 0.643. The summed E-state index contributed by atoms with van der Waals surface area (Å²) in [6.45, 7) is 3.47. The molecule has 1 amide bonds. The number of hydrogen-bond donors (Lipinski definition) is 0. The van der Waals surface area contributed by atoms with E-state index in [0.717, 1.165) is 16.0 Å². The predicted molar refractivity (Wildman–Crippen MR) is 110 cm³/mol. The Morgan fingerprint density at radius 1 is 1.14 bits per heavy atom. The van der Waals surface area contributed by atoms with E-state index in [4.69, 9.17) is 25.8 Å². The largest absolute Gasteiger partial charge is 0.494 e. The van der Waals surface area contributed by atoms with Gasteiger partial charge in [-0.2, -0.15) is 4.99 Å². The number of benzene rings is 2. The molecule has 0 unspecified atom stereocenters. The highest BCUT2D eigenvalue weighted by Crippen LogP contribution is 2.22. The van der Waals surface area contributed by atoms with Crippen molar-refractivity contribution in [3.63, 3.8) is 0 Å². The number of carbonyl (C=O) groups is 1. The molecule has 1 aromatic heterocycles. The smallest absolute Gasteiger partial charge is 0.286 e. The topological polar surface area (TPSA) is 62.0 Å². The summed E-state index contributed by atoms with van der Waals surface area (Å²) in [5.74, 6) is 0.981. The van der Waals surface area contributed by atoms with Gasteiger partial charge in [-0.3, -0.25) is 4.79 Å². The van der Waals surface area contributed by atoms with E-state index in [9.17, 15) is 4.79 Å². The fourth-order valence-electron chi connectivity index (χ4n) is 2.61. The summed E-state index contributed by atoms with van der Waals surface area (Å²) in [4.78, 5) is 17.2. The lowest BCUT2D eigenvalue weighted by Gasteiger charge is -2.06. The third-order valence-electron chi connectivity index (χ3n) is 3.88. The highest BCUT2D eigenvalue weighted by molar-refractivity contribution is 7.16. The van der Waals surface area contributed by atoms with Gasteiger partial charge in [0.2, 0.25) is 0 Å². The second-order valence-corrected chi connectivity index (χ2v) is 7.29. The minimum absolute atomic E-state index is 0.146. The first kappa shape index (κ1) is 20.4. The zero-order chi connectivity index (χ0) is 19.9. The summed E-state index contributed by atoms with van der Waals surface area (Å²) in [6, 6.07) is 12.7. The normalized spacial score (nSPS) is 11.8. The van der Waals surface area contributed by atoms with Crippen LogP contribution in [-0.2, 0) is 16.1 Å². The van der Waals surface area contributed by atoms with Crippen LogP contribution >= 0.6 is 22.9 Å². The van der Waals surface area contributed by atoms with Gasteiger partial charge < -0.3 is 18.8 Å². The van der Waals surface area contributed by atoms with Crippen molar-refractivity contribution in [2.45, 2.75) is 13.5 Å². The molecule has 0 aliphatic rings. The molecule has 0 aliphatic heterocycles. The first-order chi connectivity index (χ1) is 13.6. The molecule has 8 heteroatoms. The van der Waals surface area contributed by atoms with Crippen molar-refractivity contribution in [2.24, 2.45) is 4.99 Å². The average molecular weight is 421 g/mol. The molecule has 28 heavy (non-hydrogen) atoms. The molecule has 3 rings (SSSR count). The Bertz CT molecular complexity index is 1010. The number of ether oxygens (including phenoxy) is 3. The number of thiazole rings is 1. The zero-order valence-electron chi connectivity index (χ0n) is 15.7. The molecule has 0 radical (unpaired) electrons. The maximum Gasteiger partial charge on any atom is 0.286 e. The first-order valence-corrected chi connectivity index (χ1v) is 10.0. The Morgan fingerprint density at radius 3 is 2.54 bits per heavy atom. The van der Waals surface area contributed by atoms with E-state index in [2.05, 4.69) is 4.99 Å². The van der Waals surface area contributed by atoms with E-state index in [1.165, 1.54) is 11.3 Å². The molecule has 0 aliphatic carbocycles. The molecule has 6 nitrogen and oxygen atoms in total. The molecule has 3 aromatic rings. The summed E-state index contributed by atoms with van der Waals surface area (Å²) in [5.41, 5.74) is 0.963. The van der Waals surface area contributed by atoms with Crippen LogP contribution in [0.3, 0.4) is 0 Å². The van der Waals surface area contributed by atoms with Crippen molar-refractivity contribution in [1.82, 2.24) is 4.57 Å². The maximum atomic E-state index is 12.3. The number of nitrogens with zero attached hydrogens (tertiary/aromatic N) is 2. The van der Waals surface area contributed by atoms with Crippen molar-refractivity contribution in [2.75, 3.05) is 26.9 Å². The van der Waals surface area contributed by atoms with Gasteiger partial charge in [-0.1, -0.05) is 22.9 Å². The molecule has 2 aromatic carbocycles. The van der Waals surface area contributed by atoms with Gasteiger partial charge in [-0.15, -0.1) is 0 Å². The van der Waals surface area contributed by atoms with Crippen molar-refractivity contribution in [3.8, 4) is 11.5 Å². The first-order valence-electron chi connectivity index (χ1n) is 8.81. The van der Waals surface area contributed by atoms with Crippen LogP contribution in [0.5, 0.6) is 11.5 Å². The second-order valence-electron chi connectivity index (χ2n) is 5.84. The lowest BCUT2D eigenvalue weighted by Crippen LogP contribution is -2.21. The zero-order valence-corrected chi connectivity index (χ0v) is 17.3. The molecule has 0 saturated heterocycles. The summed E-state index contributed by atoms with van der Waals surface area (Å²) >= 11 is 7.49. The van der Waals surface area contributed by atoms with Gasteiger partial charge in [0.15, 0.2) is 11.4 Å². The molecule has 0 bridgehead atoms. The Kier molecular flexibility index (Phi) is 7.08. The minimum atomic E-state index is -0.363. The van der Waals surface area contributed by atoms with Crippen LogP contribution in [-0.4, -0.2) is 37.4 Å². The number of halogens is 1. The Balaban J connectivity index is 1.77. The van der Waals surface area contributed by atoms with Crippen LogP contribution in [0.1, 0.15) is 6.92 Å². The van der Waals surface area contributed by atoms with Crippen molar-refractivity contribution in [3.05, 3.63) is 52.3 Å². The molecule has 0 spiro atoms. The van der Waals surface area contributed by atoms with E-state index in [-0.39, 0.29) is 12.5 Å². The number of rotatable bonds is 8. The Morgan fingerprint density at radius 2 is 1.86 bits per heavy atom. The van der Waals surface area contributed by atoms with E-state index in [1.54, 1.807) is 31.4 Å². The van der Waals surface area contributed by atoms with Crippen LogP contribution in [0, 0.1) is 0 Å². The molecular weight excluding hydrogens is 400 g/mol. The summed E-state index contributed by atoms with van der Waals surface area (Å²) in [6.07, 6.45) is 0. The van der Waals surface area contributed by atoms with Crippen LogP contribution in [0.15, 0.2) is 47.5 Å². The van der Waals surface area contributed by atoms with Gasteiger partial charge in [-0.25, -0.2) is 0 Å². The SMILES string of the molecule is CCOc1ccc(OCC(=O)N=c2sc3cc(Cl)ccc3n2CCOC)cc1. The molecule has 148 valence electrons. The van der Waals surface area contributed by atoms with Crippen LogP contribution < -0.4 is 14.3 Å². The van der Waals surface area contributed by atoms with Gasteiger partial charge >= 0.3 is 0 Å². The molecule has 0 N–H and O–H groups in total. The second kappa shape index (κ2) is 9.73. The Hall–Kier alpha value is -2.35. The fourth-order valence-corrected chi connectivity index (χ4v) is 3.96. The van der Waals surface area contributed by atoms with Gasteiger partial charge in [0, 0.05) is 18.7 Å². The number of carbonyl (C=O) groups excluding carboxylic acids is 1. The summed E-state index contributed by atoms with van der Waals surface area (Å²) < 4.78 is 19.0. The van der Waals surface area contributed by atoms with Gasteiger partial charge in [0.1, 0.15) is 11.5 Å². The van der Waals surface area contributed by atoms with E-state index < -0.39 is 0 Å². The molecule has 0 fully saturated rings. The standard InChI is InChI=1S/C20H21ClN2O4S/c1-3-26-15-5-7-16(8-6-15)27-13-19(24)22-20-23(10-11-25-2)17-9-4-14(21)12-18(17)28-20/h4-9,12H,3,10-11,13H2,1-2H3. The monoisotopic (exact) mass is 420 g/mol. The third-order valence-corrected chi connectivity index (χ3v) is 5.16. The number of fused-ring (bicyclic) bond motifs is 1. The summed E-state index contributed by atoms with van der Waals surface area (Å²) in [7, 11) is 1.64. The van der Waals surface area contributed by atoms with Crippen LogP contribution in [0.25, 0.3) is 10.2 Å². The molecule has 0 saturated carbocycles. The number of aromatic nitrogens is 1. The third kappa shape index (κ3) is 5.13. The Labute approximate surface area is 171 Å². The van der Waals surface area contributed by atoms with E-state index >= 15 is 0 Å². The van der Waals surface area contributed by atoms with E-state index in [1.807, 2.05) is 29.7 Å². The average Bonchev–Trinajstić information content (AvgIpc) is 3.02. The van der Waals surface area contributed by atoms with Gasteiger partial charge in [0.25, 0.3) is 5.91 Å². The highest BCUT2D eigenvalue weighted by Gasteiger charge is 2.09. The fraction of sp³-hybridized carbons (Fsp3) is 0.300. The minimum Gasteiger partial charge on any atom is -0.494 e. The maximum absolute atomic E-state index is 12.3. The molecule has 0 atom stereocenters. The van der Waals surface area contributed by atoms with Crippen LogP contribution in [0.4, 0.5) is 0 Å². The number of hydrogen-bond acceptors (Lipinski definition) is 5. The van der Waals surface area contributed by atoms with Crippen molar-refractivity contribution < 1.29 is 19.0 Å². The van der Waals surface area contributed by atoms with Crippen LogP contribution in [0.2, 0.25) is 5.02 Å². The van der Waals surface area contributed by atoms with Gasteiger partial charge in [-0.05, 0) is 49.4 Å². The lowest BCUT2D eigenvalue weighted by molar-refractivity contribution is -0.120.